The summed E-state index contributed by atoms with van der Waals surface area (Å²) in [5, 5.41) is 4.87. The Labute approximate surface area is 436 Å². The molecule has 0 N–H and O–H groups in total. The average molecular weight is 965 g/mol. The van der Waals surface area contributed by atoms with E-state index in [2.05, 4.69) is 245 Å². The Morgan fingerprint density at radius 2 is 1.07 bits per heavy atom. The van der Waals surface area contributed by atoms with E-state index >= 15 is 0 Å². The molecule has 4 heterocycles. The average Bonchev–Trinajstić information content (AvgIpc) is 4.04. The second-order valence-electron chi connectivity index (χ2n) is 19.7. The molecule has 0 spiro atoms. The zero-order valence-corrected chi connectivity index (χ0v) is 41.5. The third-order valence-electron chi connectivity index (χ3n) is 15.3. The van der Waals surface area contributed by atoms with Crippen LogP contribution in [0.1, 0.15) is 36.2 Å². The first-order valence-corrected chi connectivity index (χ1v) is 26.2. The van der Waals surface area contributed by atoms with Gasteiger partial charge in [-0.25, -0.2) is 15.0 Å². The molecule has 3 aliphatic rings. The minimum absolute atomic E-state index is 0.318. The molecule has 0 saturated heterocycles. The second kappa shape index (κ2) is 18.9. The van der Waals surface area contributed by atoms with Crippen LogP contribution in [0, 0.1) is 0 Å². The van der Waals surface area contributed by atoms with E-state index < -0.39 is 0 Å². The van der Waals surface area contributed by atoms with Gasteiger partial charge in [0.15, 0.2) is 17.5 Å². The summed E-state index contributed by atoms with van der Waals surface area (Å²) in [7, 11) is 0. The molecule has 0 bridgehead atoms. The van der Waals surface area contributed by atoms with Crippen molar-refractivity contribution in [2.45, 2.75) is 31.7 Å². The van der Waals surface area contributed by atoms with Crippen LogP contribution in [0.5, 0.6) is 0 Å². The number of nitrogens with zero attached hydrogens (tertiary/aromatic N) is 6. The maximum absolute atomic E-state index is 5.16. The predicted octanol–water partition coefficient (Wildman–Crippen LogP) is 16.7. The predicted molar refractivity (Wildman–Crippen MR) is 312 cm³/mol. The van der Waals surface area contributed by atoms with E-state index in [1.165, 1.54) is 43.9 Å². The molecule has 14 rings (SSSR count). The molecule has 358 valence electrons. The topological polar surface area (TPSA) is 51.8 Å². The number of aromatic nitrogens is 5. The number of benzene rings is 8. The van der Waals surface area contributed by atoms with Crippen molar-refractivity contribution in [3.05, 3.63) is 266 Å². The summed E-state index contributed by atoms with van der Waals surface area (Å²) in [6.45, 7) is 0.824. The van der Waals surface area contributed by atoms with Crippen molar-refractivity contribution in [3.63, 3.8) is 0 Å². The minimum Gasteiger partial charge on any atom is -0.361 e. The number of hydrogen-bond acceptors (Lipinski definition) is 4. The van der Waals surface area contributed by atoms with E-state index in [0.717, 1.165) is 99.3 Å². The van der Waals surface area contributed by atoms with Crippen molar-refractivity contribution >= 4 is 60.4 Å². The summed E-state index contributed by atoms with van der Waals surface area (Å²) in [6.07, 6.45) is 26.2. The van der Waals surface area contributed by atoms with Crippen LogP contribution in [0.25, 0.3) is 100 Å². The van der Waals surface area contributed by atoms with Gasteiger partial charge in [-0.1, -0.05) is 194 Å². The van der Waals surface area contributed by atoms with Gasteiger partial charge in [0.2, 0.25) is 0 Å². The summed E-state index contributed by atoms with van der Waals surface area (Å²) in [4.78, 5) is 17.9. The van der Waals surface area contributed by atoms with Crippen LogP contribution in [-0.2, 0) is 6.42 Å². The maximum atomic E-state index is 5.16. The van der Waals surface area contributed by atoms with Crippen molar-refractivity contribution in [2.24, 2.45) is 0 Å². The quantitative estimate of drug-likeness (QED) is 0.152. The monoisotopic (exact) mass is 964 g/mol. The van der Waals surface area contributed by atoms with Crippen LogP contribution in [-0.4, -0.2) is 36.7 Å². The van der Waals surface area contributed by atoms with E-state index in [9.17, 15) is 0 Å². The van der Waals surface area contributed by atoms with Crippen molar-refractivity contribution in [2.75, 3.05) is 11.4 Å². The standard InChI is InChI=1S/C69H52N6/c1-4-21-49(22-5-1)67-70-68(50-23-6-2-7-24-50)72-69(71-67)54-26-18-25-51(44-54)53-40-42-65(74-61-34-15-11-30-56(61)57-31-12-16-35-62(57)74)66(46-53)75-63-36-17-13-32-58(63)59-45-52(39-41-64(59)75)47-27-19-43-73(55-28-8-3-9-29-55)60-33-14-10-20-48(60)38-37-47/h1-6,8-23,25-28,30-37,39-42,44-46,55H,7,24,29,38,43H2. The van der Waals surface area contributed by atoms with Crippen molar-refractivity contribution in [3.8, 4) is 45.3 Å². The van der Waals surface area contributed by atoms with Crippen molar-refractivity contribution in [1.29, 1.82) is 0 Å². The summed E-state index contributed by atoms with van der Waals surface area (Å²) in [6, 6.07) is 68.7. The lowest BCUT2D eigenvalue weighted by molar-refractivity contribution is 0.721. The van der Waals surface area contributed by atoms with Gasteiger partial charge in [-0.05, 0) is 114 Å². The lowest BCUT2D eigenvalue weighted by Gasteiger charge is -2.33. The number of anilines is 1. The summed E-state index contributed by atoms with van der Waals surface area (Å²) < 4.78 is 4.94. The Kier molecular flexibility index (Phi) is 11.2. The van der Waals surface area contributed by atoms with E-state index in [-0.39, 0.29) is 0 Å². The summed E-state index contributed by atoms with van der Waals surface area (Å²) in [5.41, 5.74) is 17.1. The number of hydrogen-bond donors (Lipinski definition) is 0. The normalized spacial score (nSPS) is 15.5. The molecule has 6 heteroatoms. The third kappa shape index (κ3) is 8.03. The molecular weight excluding hydrogens is 913 g/mol. The Morgan fingerprint density at radius 3 is 1.83 bits per heavy atom. The molecule has 6 nitrogen and oxygen atoms in total. The summed E-state index contributed by atoms with van der Waals surface area (Å²) >= 11 is 0. The van der Waals surface area contributed by atoms with Gasteiger partial charge >= 0.3 is 0 Å². The Balaban J connectivity index is 0.938. The number of fused-ring (bicyclic) bond motifs is 7. The van der Waals surface area contributed by atoms with Crippen LogP contribution in [0.15, 0.2) is 249 Å². The third-order valence-corrected chi connectivity index (χ3v) is 15.3. The lowest BCUT2D eigenvalue weighted by atomic mass is 9.99. The van der Waals surface area contributed by atoms with Gasteiger partial charge in [0.05, 0.1) is 39.5 Å². The second-order valence-corrected chi connectivity index (χ2v) is 19.7. The fourth-order valence-electron chi connectivity index (χ4n) is 11.6. The highest BCUT2D eigenvalue weighted by Crippen LogP contribution is 2.41. The first kappa shape index (κ1) is 44.3. The molecule has 0 radical (unpaired) electrons. The van der Waals surface area contributed by atoms with Gasteiger partial charge in [0, 0.05) is 44.9 Å². The highest BCUT2D eigenvalue weighted by atomic mass is 15.2. The highest BCUT2D eigenvalue weighted by molar-refractivity contribution is 6.12. The van der Waals surface area contributed by atoms with Gasteiger partial charge < -0.3 is 14.0 Å². The molecule has 0 fully saturated rings. The van der Waals surface area contributed by atoms with Crippen molar-refractivity contribution < 1.29 is 0 Å². The Morgan fingerprint density at radius 1 is 0.427 bits per heavy atom. The molecule has 2 aliphatic carbocycles. The first-order chi connectivity index (χ1) is 37.2. The van der Waals surface area contributed by atoms with E-state index in [0.29, 0.717) is 17.7 Å². The molecule has 11 aromatic rings. The molecule has 3 aromatic heterocycles. The first-order valence-electron chi connectivity index (χ1n) is 26.2. The Hall–Kier alpha value is -9.39. The van der Waals surface area contributed by atoms with E-state index in [1.54, 1.807) is 0 Å². The maximum Gasteiger partial charge on any atom is 0.164 e. The fourth-order valence-corrected chi connectivity index (χ4v) is 11.6. The Bertz CT molecular complexity index is 4180. The van der Waals surface area contributed by atoms with Crippen LogP contribution in [0.4, 0.5) is 5.69 Å². The van der Waals surface area contributed by atoms with E-state index in [1.807, 2.05) is 18.2 Å². The van der Waals surface area contributed by atoms with Gasteiger partial charge in [-0.15, -0.1) is 0 Å². The van der Waals surface area contributed by atoms with Crippen LogP contribution < -0.4 is 4.90 Å². The lowest BCUT2D eigenvalue weighted by Crippen LogP contribution is -2.35. The van der Waals surface area contributed by atoms with Gasteiger partial charge in [0.1, 0.15) is 0 Å². The summed E-state index contributed by atoms with van der Waals surface area (Å²) in [5.74, 6) is 2.05. The smallest absolute Gasteiger partial charge is 0.164 e. The SMILES string of the molecule is C1=CCCC(c2nc(-c3ccccc3)nc(-c3cccc(-c4ccc(-n5c6ccccc6c6ccccc65)c(-n5c6ccccc6c6cc(C7=CCc8ccccc8N(C8C=CC=CC8)CC=C7)ccc65)c4)c3)n2)=C1. The van der Waals surface area contributed by atoms with Crippen LogP contribution in [0.2, 0.25) is 0 Å². The van der Waals surface area contributed by atoms with Crippen LogP contribution >= 0.6 is 0 Å². The highest BCUT2D eigenvalue weighted by Gasteiger charge is 2.23. The van der Waals surface area contributed by atoms with Gasteiger partial charge in [0.25, 0.3) is 0 Å². The zero-order chi connectivity index (χ0) is 49.7. The van der Waals surface area contributed by atoms with Crippen molar-refractivity contribution in [1.82, 2.24) is 24.1 Å². The number of rotatable bonds is 8. The van der Waals surface area contributed by atoms with E-state index in [4.69, 9.17) is 15.0 Å². The number of para-hydroxylation sites is 4. The molecular formula is C69H52N6. The molecule has 0 amide bonds. The molecule has 8 aromatic carbocycles. The molecule has 1 unspecified atom stereocenters. The number of allylic oxidation sites excluding steroid dienone is 9. The fraction of sp³-hybridized carbons (Fsp3) is 0.0870. The molecule has 1 atom stereocenters. The van der Waals surface area contributed by atoms with Gasteiger partial charge in [-0.2, -0.15) is 0 Å². The largest absolute Gasteiger partial charge is 0.361 e. The molecule has 0 saturated carbocycles. The van der Waals surface area contributed by atoms with Gasteiger partial charge in [-0.3, -0.25) is 0 Å². The van der Waals surface area contributed by atoms with Crippen LogP contribution in [0.3, 0.4) is 0 Å². The zero-order valence-electron chi connectivity index (χ0n) is 41.5. The molecule has 75 heavy (non-hydrogen) atoms. The molecule has 1 aliphatic heterocycles. The minimum atomic E-state index is 0.318.